The van der Waals surface area contributed by atoms with Crippen molar-refractivity contribution < 1.29 is 9.53 Å². The zero-order chi connectivity index (χ0) is 15.8. The van der Waals surface area contributed by atoms with E-state index >= 15 is 0 Å². The van der Waals surface area contributed by atoms with Crippen LogP contribution in [0, 0.1) is 12.8 Å². The van der Waals surface area contributed by atoms with Crippen molar-refractivity contribution in [3.63, 3.8) is 0 Å². The lowest BCUT2D eigenvalue weighted by Crippen LogP contribution is -2.45. The molecule has 1 aliphatic carbocycles. The largest absolute Gasteiger partial charge is 0.378 e. The molecule has 4 heteroatoms. The highest BCUT2D eigenvalue weighted by molar-refractivity contribution is 5.98. The molecule has 2 aromatic rings. The van der Waals surface area contributed by atoms with Gasteiger partial charge in [0.1, 0.15) is 0 Å². The van der Waals surface area contributed by atoms with E-state index in [1.807, 2.05) is 37.3 Å². The van der Waals surface area contributed by atoms with Crippen LogP contribution in [0.4, 0.5) is 0 Å². The summed E-state index contributed by atoms with van der Waals surface area (Å²) in [7, 11) is 0. The second-order valence-corrected chi connectivity index (χ2v) is 6.73. The van der Waals surface area contributed by atoms with Crippen molar-refractivity contribution >= 4 is 16.8 Å². The monoisotopic (exact) mass is 310 g/mol. The summed E-state index contributed by atoms with van der Waals surface area (Å²) < 4.78 is 5.78. The number of carbonyl (C=O) groups is 1. The molecule has 0 bridgehead atoms. The van der Waals surface area contributed by atoms with Gasteiger partial charge < -0.3 is 10.1 Å². The Morgan fingerprint density at radius 3 is 3.04 bits per heavy atom. The number of nitrogens with one attached hydrogen (secondary N) is 1. The summed E-state index contributed by atoms with van der Waals surface area (Å²) in [6, 6.07) is 9.98. The van der Waals surface area contributed by atoms with Crippen LogP contribution < -0.4 is 5.32 Å². The van der Waals surface area contributed by atoms with E-state index in [9.17, 15) is 4.79 Å². The fourth-order valence-electron chi connectivity index (χ4n) is 3.98. The molecule has 3 atom stereocenters. The topological polar surface area (TPSA) is 51.2 Å². The van der Waals surface area contributed by atoms with Gasteiger partial charge in [-0.15, -0.1) is 0 Å². The smallest absolute Gasteiger partial charge is 0.251 e. The van der Waals surface area contributed by atoms with Gasteiger partial charge in [-0.2, -0.15) is 0 Å². The quantitative estimate of drug-likeness (QED) is 0.926. The SMILES string of the molecule is Cc1ccc2cc(C(=O)N[C@@H]3CCC[C@H]4OCC[C@@H]34)ccc2n1. The zero-order valence-corrected chi connectivity index (χ0v) is 13.4. The Kier molecular flexibility index (Phi) is 3.77. The lowest BCUT2D eigenvalue weighted by Gasteiger charge is -2.33. The van der Waals surface area contributed by atoms with E-state index < -0.39 is 0 Å². The first-order valence-corrected chi connectivity index (χ1v) is 8.50. The summed E-state index contributed by atoms with van der Waals surface area (Å²) in [5.41, 5.74) is 2.64. The van der Waals surface area contributed by atoms with Crippen molar-refractivity contribution in [2.45, 2.75) is 44.8 Å². The third kappa shape index (κ3) is 2.83. The number of hydrogen-bond donors (Lipinski definition) is 1. The predicted molar refractivity (Wildman–Crippen MR) is 89.4 cm³/mol. The first kappa shape index (κ1) is 14.6. The maximum absolute atomic E-state index is 12.6. The minimum absolute atomic E-state index is 0.0185. The van der Waals surface area contributed by atoms with E-state index in [2.05, 4.69) is 10.3 Å². The van der Waals surface area contributed by atoms with Gasteiger partial charge in [-0.05, 0) is 56.9 Å². The van der Waals surface area contributed by atoms with Gasteiger partial charge >= 0.3 is 0 Å². The third-order valence-corrected chi connectivity index (χ3v) is 5.19. The van der Waals surface area contributed by atoms with Crippen LogP contribution in [0.5, 0.6) is 0 Å². The fraction of sp³-hybridized carbons (Fsp3) is 0.474. The molecule has 0 spiro atoms. The summed E-state index contributed by atoms with van der Waals surface area (Å²) in [4.78, 5) is 17.1. The Labute approximate surface area is 136 Å². The number of ether oxygens (including phenoxy) is 1. The van der Waals surface area contributed by atoms with Gasteiger partial charge in [0.05, 0.1) is 11.6 Å². The fourth-order valence-corrected chi connectivity index (χ4v) is 3.98. The average molecular weight is 310 g/mol. The molecule has 1 N–H and O–H groups in total. The van der Waals surface area contributed by atoms with Gasteiger partial charge in [0.2, 0.25) is 0 Å². The van der Waals surface area contributed by atoms with E-state index in [4.69, 9.17) is 4.74 Å². The third-order valence-electron chi connectivity index (χ3n) is 5.19. The van der Waals surface area contributed by atoms with Crippen LogP contribution in [0.25, 0.3) is 10.9 Å². The zero-order valence-electron chi connectivity index (χ0n) is 13.4. The Morgan fingerprint density at radius 2 is 2.13 bits per heavy atom. The van der Waals surface area contributed by atoms with Crippen LogP contribution >= 0.6 is 0 Å². The molecular formula is C19H22N2O2. The highest BCUT2D eigenvalue weighted by Crippen LogP contribution is 2.34. The molecule has 4 nitrogen and oxygen atoms in total. The first-order valence-electron chi connectivity index (χ1n) is 8.50. The van der Waals surface area contributed by atoms with E-state index in [0.717, 1.165) is 48.9 Å². The van der Waals surface area contributed by atoms with E-state index in [1.54, 1.807) is 0 Å². The van der Waals surface area contributed by atoms with Gasteiger partial charge in [0.15, 0.2) is 0 Å². The molecule has 0 unspecified atom stereocenters. The molecule has 2 aliphatic rings. The van der Waals surface area contributed by atoms with Crippen molar-refractivity contribution in [1.29, 1.82) is 0 Å². The van der Waals surface area contributed by atoms with Gasteiger partial charge in [0, 0.05) is 35.2 Å². The molecule has 1 amide bonds. The molecule has 4 rings (SSSR count). The maximum atomic E-state index is 12.6. The molecule has 1 saturated heterocycles. The Bertz CT molecular complexity index is 743. The van der Waals surface area contributed by atoms with Crippen LogP contribution in [0.15, 0.2) is 30.3 Å². The number of carbonyl (C=O) groups excluding carboxylic acids is 1. The molecule has 2 fully saturated rings. The van der Waals surface area contributed by atoms with Crippen molar-refractivity contribution in [2.75, 3.05) is 6.61 Å². The molecule has 1 aliphatic heterocycles. The Hall–Kier alpha value is -1.94. The molecular weight excluding hydrogens is 288 g/mol. The maximum Gasteiger partial charge on any atom is 0.251 e. The lowest BCUT2D eigenvalue weighted by atomic mass is 9.81. The molecule has 120 valence electrons. The Balaban J connectivity index is 1.53. The molecule has 1 aromatic carbocycles. The summed E-state index contributed by atoms with van der Waals surface area (Å²) in [6.45, 7) is 2.81. The van der Waals surface area contributed by atoms with Crippen LogP contribution in [-0.2, 0) is 4.74 Å². The minimum Gasteiger partial charge on any atom is -0.378 e. The number of fused-ring (bicyclic) bond motifs is 2. The number of amides is 1. The number of rotatable bonds is 2. The summed E-state index contributed by atoms with van der Waals surface area (Å²) >= 11 is 0. The summed E-state index contributed by atoms with van der Waals surface area (Å²) in [5, 5.41) is 4.25. The van der Waals surface area contributed by atoms with Crippen LogP contribution in [0.3, 0.4) is 0 Å². The van der Waals surface area contributed by atoms with Gasteiger partial charge in [0.25, 0.3) is 5.91 Å². The Morgan fingerprint density at radius 1 is 1.22 bits per heavy atom. The highest BCUT2D eigenvalue weighted by atomic mass is 16.5. The van der Waals surface area contributed by atoms with Crippen molar-refractivity contribution in [3.05, 3.63) is 41.6 Å². The lowest BCUT2D eigenvalue weighted by molar-refractivity contribution is 0.0510. The molecule has 2 heterocycles. The van der Waals surface area contributed by atoms with Crippen LogP contribution in [0.2, 0.25) is 0 Å². The predicted octanol–water partition coefficient (Wildman–Crippen LogP) is 3.23. The summed E-state index contributed by atoms with van der Waals surface area (Å²) in [5.74, 6) is 0.502. The van der Waals surface area contributed by atoms with Gasteiger partial charge in [-0.1, -0.05) is 6.07 Å². The number of aromatic nitrogens is 1. The number of pyridine rings is 1. The molecule has 0 radical (unpaired) electrons. The number of nitrogens with zero attached hydrogens (tertiary/aromatic N) is 1. The van der Waals surface area contributed by atoms with Crippen molar-refractivity contribution in [3.8, 4) is 0 Å². The minimum atomic E-state index is 0.0185. The van der Waals surface area contributed by atoms with E-state index in [0.29, 0.717) is 17.6 Å². The number of aryl methyl sites for hydroxylation is 1. The average Bonchev–Trinajstić information content (AvgIpc) is 3.04. The van der Waals surface area contributed by atoms with Crippen LogP contribution in [-0.4, -0.2) is 29.6 Å². The van der Waals surface area contributed by atoms with Gasteiger partial charge in [-0.25, -0.2) is 0 Å². The number of hydrogen-bond acceptors (Lipinski definition) is 3. The molecule has 1 aromatic heterocycles. The normalized spacial score (nSPS) is 26.9. The second-order valence-electron chi connectivity index (χ2n) is 6.73. The summed E-state index contributed by atoms with van der Waals surface area (Å²) in [6.07, 6.45) is 4.74. The van der Waals surface area contributed by atoms with Crippen molar-refractivity contribution in [2.24, 2.45) is 5.92 Å². The van der Waals surface area contributed by atoms with Crippen molar-refractivity contribution in [1.82, 2.24) is 10.3 Å². The molecule has 23 heavy (non-hydrogen) atoms. The highest BCUT2D eigenvalue weighted by Gasteiger charge is 2.38. The number of benzene rings is 1. The van der Waals surface area contributed by atoms with E-state index in [-0.39, 0.29) is 11.9 Å². The first-order chi connectivity index (χ1) is 11.2. The van der Waals surface area contributed by atoms with E-state index in [1.165, 1.54) is 0 Å². The standard InChI is InChI=1S/C19H22N2O2/c1-12-5-6-13-11-14(7-8-16(13)20-12)19(22)21-17-3-2-4-18-15(17)9-10-23-18/h5-8,11,15,17-18H,2-4,9-10H2,1H3,(H,21,22)/t15-,17+,18+/m0/s1. The molecule has 1 saturated carbocycles. The van der Waals surface area contributed by atoms with Crippen LogP contribution in [0.1, 0.15) is 41.7 Å². The van der Waals surface area contributed by atoms with Gasteiger partial charge in [-0.3, -0.25) is 9.78 Å². The second kappa shape index (κ2) is 5.93.